The lowest BCUT2D eigenvalue weighted by molar-refractivity contribution is 0.0906. The number of rotatable bonds is 0. The lowest BCUT2D eigenvalue weighted by Gasteiger charge is -2.08. The maximum absolute atomic E-state index is 11.3. The number of nitrogens with two attached hydrogens (primary N) is 1. The minimum Gasteiger partial charge on any atom is -0.382 e. The first kappa shape index (κ1) is 7.02. The summed E-state index contributed by atoms with van der Waals surface area (Å²) in [7, 11) is 0. The summed E-state index contributed by atoms with van der Waals surface area (Å²) in [5.74, 6) is 0.784. The Balaban J connectivity index is 2.61. The smallest absolute Gasteiger partial charge is 0.254 e. The van der Waals surface area contributed by atoms with Crippen LogP contribution in [0, 0.1) is 0 Å². The van der Waals surface area contributed by atoms with Crippen molar-refractivity contribution in [1.29, 1.82) is 0 Å². The zero-order valence-electron chi connectivity index (χ0n) is 6.61. The van der Waals surface area contributed by atoms with Crippen molar-refractivity contribution < 1.29 is 4.79 Å². The first-order valence-corrected chi connectivity index (χ1v) is 3.60. The highest BCUT2D eigenvalue weighted by Crippen LogP contribution is 2.20. The van der Waals surface area contributed by atoms with Crippen molar-refractivity contribution in [1.82, 2.24) is 9.78 Å². The van der Waals surface area contributed by atoms with E-state index >= 15 is 0 Å². The van der Waals surface area contributed by atoms with E-state index in [0.717, 1.165) is 5.71 Å². The number of nitrogen functional groups attached to an aromatic ring is 1. The molecule has 0 bridgehead atoms. The number of nitrogens with zero attached hydrogens (tertiary/aromatic N) is 3. The molecule has 0 saturated heterocycles. The molecule has 2 rings (SSSR count). The Morgan fingerprint density at radius 2 is 2.42 bits per heavy atom. The van der Waals surface area contributed by atoms with Gasteiger partial charge in [0.15, 0.2) is 5.82 Å². The van der Waals surface area contributed by atoms with Crippen LogP contribution < -0.4 is 5.73 Å². The molecule has 2 N–H and O–H groups in total. The fourth-order valence-corrected chi connectivity index (χ4v) is 1.18. The molecule has 0 radical (unpaired) electrons. The lowest BCUT2D eigenvalue weighted by atomic mass is 10.2. The number of carbonyl (C=O) groups is 1. The molecule has 0 unspecified atom stereocenters. The molecule has 12 heavy (non-hydrogen) atoms. The topological polar surface area (TPSA) is 73.3 Å². The molecule has 1 aliphatic heterocycles. The lowest BCUT2D eigenvalue weighted by Crippen LogP contribution is -2.19. The van der Waals surface area contributed by atoms with Gasteiger partial charge in [0.1, 0.15) is 5.82 Å². The zero-order chi connectivity index (χ0) is 8.72. The average Bonchev–Trinajstić information content (AvgIpc) is 2.29. The number of anilines is 1. The highest BCUT2D eigenvalue weighted by molar-refractivity contribution is 6.04. The Hall–Kier alpha value is -1.65. The third-order valence-corrected chi connectivity index (χ3v) is 1.66. The van der Waals surface area contributed by atoms with Crippen molar-refractivity contribution in [2.24, 2.45) is 4.99 Å². The third-order valence-electron chi connectivity index (χ3n) is 1.66. The van der Waals surface area contributed by atoms with Gasteiger partial charge in [-0.25, -0.2) is 4.99 Å². The maximum Gasteiger partial charge on any atom is 0.254 e. The molecule has 1 aromatic rings. The molecule has 0 fully saturated rings. The molecule has 1 aromatic heterocycles. The van der Waals surface area contributed by atoms with Crippen molar-refractivity contribution in [3.63, 3.8) is 0 Å². The highest BCUT2D eigenvalue weighted by Gasteiger charge is 2.18. The quantitative estimate of drug-likeness (QED) is 0.610. The van der Waals surface area contributed by atoms with Gasteiger partial charge in [-0.05, 0) is 6.92 Å². The number of hydrogen-bond acceptors (Lipinski definition) is 4. The van der Waals surface area contributed by atoms with Crippen LogP contribution in [0.25, 0.3) is 0 Å². The summed E-state index contributed by atoms with van der Waals surface area (Å²) >= 11 is 0. The molecule has 5 heteroatoms. The molecule has 1 aliphatic rings. The Labute approximate surface area is 68.9 Å². The van der Waals surface area contributed by atoms with E-state index in [1.165, 1.54) is 4.68 Å². The molecular formula is C7H8N4O. The van der Waals surface area contributed by atoms with Crippen molar-refractivity contribution in [3.05, 3.63) is 6.07 Å². The van der Waals surface area contributed by atoms with Gasteiger partial charge < -0.3 is 5.73 Å². The number of aliphatic imine (C=N–C) groups is 1. The summed E-state index contributed by atoms with van der Waals surface area (Å²) in [6, 6.07) is 1.58. The van der Waals surface area contributed by atoms with E-state index in [-0.39, 0.29) is 5.91 Å². The third kappa shape index (κ3) is 0.903. The minimum absolute atomic E-state index is 0.0748. The van der Waals surface area contributed by atoms with Crippen LogP contribution in [0.4, 0.5) is 11.6 Å². The van der Waals surface area contributed by atoms with Gasteiger partial charge >= 0.3 is 0 Å². The Bertz CT molecular complexity index is 377. The largest absolute Gasteiger partial charge is 0.382 e. The molecule has 0 spiro atoms. The second-order valence-electron chi connectivity index (χ2n) is 2.76. The summed E-state index contributed by atoms with van der Waals surface area (Å²) < 4.78 is 1.24. The predicted molar refractivity (Wildman–Crippen MR) is 44.7 cm³/mol. The molecule has 0 saturated carbocycles. The maximum atomic E-state index is 11.3. The number of fused-ring (bicyclic) bond motifs is 1. The van der Waals surface area contributed by atoms with Gasteiger partial charge in [-0.15, -0.1) is 5.10 Å². The molecule has 5 nitrogen and oxygen atoms in total. The van der Waals surface area contributed by atoms with Crippen molar-refractivity contribution in [2.75, 3.05) is 5.73 Å². The van der Waals surface area contributed by atoms with Crippen LogP contribution in [0.2, 0.25) is 0 Å². The Morgan fingerprint density at radius 3 is 3.17 bits per heavy atom. The van der Waals surface area contributed by atoms with Gasteiger partial charge in [-0.2, -0.15) is 4.68 Å². The summed E-state index contributed by atoms with van der Waals surface area (Å²) in [5.41, 5.74) is 6.21. The number of carbonyl (C=O) groups excluding carboxylic acids is 1. The standard InChI is InChI=1S/C7H8N4O/c1-4-2-7(12)11-6(9-4)3-5(8)10-11/h3H,2H2,1H3,(H2,8,10). The van der Waals surface area contributed by atoms with Crippen LogP contribution >= 0.6 is 0 Å². The second-order valence-corrected chi connectivity index (χ2v) is 2.76. The van der Waals surface area contributed by atoms with Crippen molar-refractivity contribution >= 4 is 23.3 Å². The van der Waals surface area contributed by atoms with Gasteiger partial charge in [-0.1, -0.05) is 0 Å². The van der Waals surface area contributed by atoms with E-state index in [1.54, 1.807) is 6.07 Å². The fraction of sp³-hybridized carbons (Fsp3) is 0.286. The van der Waals surface area contributed by atoms with E-state index in [9.17, 15) is 4.79 Å². The van der Waals surface area contributed by atoms with Gasteiger partial charge in [0.2, 0.25) is 0 Å². The summed E-state index contributed by atoms with van der Waals surface area (Å²) in [6.45, 7) is 1.81. The summed E-state index contributed by atoms with van der Waals surface area (Å²) in [5, 5.41) is 3.80. The van der Waals surface area contributed by atoms with Gasteiger partial charge in [0.05, 0.1) is 6.42 Å². The normalized spacial score (nSPS) is 15.8. The van der Waals surface area contributed by atoms with E-state index < -0.39 is 0 Å². The van der Waals surface area contributed by atoms with Gasteiger partial charge in [-0.3, -0.25) is 4.79 Å². The first-order valence-electron chi connectivity index (χ1n) is 3.60. The molecular weight excluding hydrogens is 156 g/mol. The van der Waals surface area contributed by atoms with Crippen molar-refractivity contribution in [2.45, 2.75) is 13.3 Å². The number of aromatic nitrogens is 2. The molecule has 0 aromatic carbocycles. The Kier molecular flexibility index (Phi) is 1.27. The van der Waals surface area contributed by atoms with Crippen LogP contribution in [0.1, 0.15) is 18.1 Å². The van der Waals surface area contributed by atoms with E-state index in [2.05, 4.69) is 10.1 Å². The predicted octanol–water partition coefficient (Wildman–Crippen LogP) is 0.602. The van der Waals surface area contributed by atoms with Crippen LogP contribution in [0.5, 0.6) is 0 Å². The van der Waals surface area contributed by atoms with Crippen LogP contribution in [0.3, 0.4) is 0 Å². The Morgan fingerprint density at radius 1 is 1.67 bits per heavy atom. The summed E-state index contributed by atoms with van der Waals surface area (Å²) in [4.78, 5) is 15.4. The molecule has 0 amide bonds. The van der Waals surface area contributed by atoms with Gasteiger partial charge in [0.25, 0.3) is 5.91 Å². The zero-order valence-corrected chi connectivity index (χ0v) is 6.61. The molecule has 2 heterocycles. The molecule has 62 valence electrons. The van der Waals surface area contributed by atoms with Crippen molar-refractivity contribution in [3.8, 4) is 0 Å². The minimum atomic E-state index is -0.0748. The highest BCUT2D eigenvalue weighted by atomic mass is 16.2. The van der Waals surface area contributed by atoms with E-state index in [4.69, 9.17) is 5.73 Å². The number of hydrogen-bond donors (Lipinski definition) is 1. The second kappa shape index (κ2) is 2.17. The first-order chi connectivity index (χ1) is 5.66. The van der Waals surface area contributed by atoms with Gasteiger partial charge in [0, 0.05) is 11.8 Å². The van der Waals surface area contributed by atoms with E-state index in [1.807, 2.05) is 6.92 Å². The monoisotopic (exact) mass is 164 g/mol. The van der Waals surface area contributed by atoms with Crippen LogP contribution in [-0.2, 0) is 0 Å². The van der Waals surface area contributed by atoms with E-state index in [0.29, 0.717) is 18.1 Å². The summed E-state index contributed by atoms with van der Waals surface area (Å²) in [6.07, 6.45) is 0.327. The van der Waals surface area contributed by atoms with Crippen LogP contribution in [0.15, 0.2) is 11.1 Å². The molecule has 0 aliphatic carbocycles. The SMILES string of the molecule is CC1=Nc2cc(N)nn2C(=O)C1. The molecule has 0 atom stereocenters. The average molecular weight is 164 g/mol. The van der Waals surface area contributed by atoms with Crippen LogP contribution in [-0.4, -0.2) is 21.4 Å². The fourth-order valence-electron chi connectivity index (χ4n) is 1.18.